The molecule has 2 heterocycles. The van der Waals surface area contributed by atoms with Crippen LogP contribution < -0.4 is 15.8 Å². The third-order valence-corrected chi connectivity index (χ3v) is 9.55. The van der Waals surface area contributed by atoms with E-state index in [2.05, 4.69) is 16.1 Å². The predicted molar refractivity (Wildman–Crippen MR) is 138 cm³/mol. The van der Waals surface area contributed by atoms with Gasteiger partial charge in [0, 0.05) is 34.8 Å². The number of carbonyl (C=O) groups is 1. The van der Waals surface area contributed by atoms with Crippen LogP contribution in [0.5, 0.6) is 0 Å². The van der Waals surface area contributed by atoms with Gasteiger partial charge in [0.05, 0.1) is 5.25 Å². The smallest absolute Gasteiger partial charge is 0.268 e. The number of carbonyl (C=O) groups excluding carboxylic acids is 1. The molecule has 2 aromatic carbocycles. The molecule has 6 N–H and O–H groups in total. The number of nitrogens with two attached hydrogens (primary N) is 1. The normalized spacial score (nSPS) is 24.2. The molecule has 8 nitrogen and oxygen atoms in total. The van der Waals surface area contributed by atoms with E-state index in [1.54, 1.807) is 30.1 Å². The lowest BCUT2D eigenvalue weighted by Gasteiger charge is -2.35. The zero-order valence-electron chi connectivity index (χ0n) is 19.6. The molecule has 0 bridgehead atoms. The first kappa shape index (κ1) is 25.8. The molecule has 2 aliphatic rings. The van der Waals surface area contributed by atoms with Gasteiger partial charge in [0.1, 0.15) is 11.6 Å². The summed E-state index contributed by atoms with van der Waals surface area (Å²) in [6, 6.07) is 15.1. The van der Waals surface area contributed by atoms with Crippen molar-refractivity contribution < 1.29 is 17.8 Å². The molecular formula is C25H32N4O4S2. The van der Waals surface area contributed by atoms with Gasteiger partial charge in [-0.05, 0) is 67.1 Å². The van der Waals surface area contributed by atoms with E-state index >= 15 is 0 Å². The predicted octanol–water partition coefficient (Wildman–Crippen LogP) is 2.91. The van der Waals surface area contributed by atoms with E-state index in [-0.39, 0.29) is 29.9 Å². The van der Waals surface area contributed by atoms with Crippen LogP contribution in [0.4, 0.5) is 0 Å². The summed E-state index contributed by atoms with van der Waals surface area (Å²) < 4.78 is 37.5. The van der Waals surface area contributed by atoms with Gasteiger partial charge in [-0.25, -0.2) is 0 Å². The summed E-state index contributed by atoms with van der Waals surface area (Å²) in [5.74, 6) is -1.47. The Balaban J connectivity index is 1.69. The standard InChI is InChI=1S/C25H32N4O4S2/c1-15(21-14-29-34-22-8-3-2-7-19(21)22)24(30)20(16-5-4-6-17(11-16)25(26)27)12-18-13-28-10-9-23(18)35(31,32)33/h2-8,11,15,18,20-21,23,28-29H,9-10,12-14H2,1H3,(H3,26,27)(H,31,32,33). The van der Waals surface area contributed by atoms with E-state index in [4.69, 9.17) is 11.1 Å². The number of fused-ring (bicyclic) bond motifs is 1. The van der Waals surface area contributed by atoms with Crippen LogP contribution in [0.3, 0.4) is 0 Å². The molecule has 1 saturated heterocycles. The van der Waals surface area contributed by atoms with Gasteiger partial charge >= 0.3 is 0 Å². The lowest BCUT2D eigenvalue weighted by Crippen LogP contribution is -2.45. The van der Waals surface area contributed by atoms with Crippen molar-refractivity contribution in [2.75, 3.05) is 19.6 Å². The molecule has 5 atom stereocenters. The van der Waals surface area contributed by atoms with E-state index in [9.17, 15) is 17.8 Å². The average molecular weight is 517 g/mol. The van der Waals surface area contributed by atoms with Gasteiger partial charge in [0.2, 0.25) is 0 Å². The highest BCUT2D eigenvalue weighted by molar-refractivity contribution is 7.97. The topological polar surface area (TPSA) is 145 Å². The minimum Gasteiger partial charge on any atom is -0.384 e. The van der Waals surface area contributed by atoms with Crippen LogP contribution in [-0.2, 0) is 14.9 Å². The van der Waals surface area contributed by atoms with Gasteiger partial charge < -0.3 is 11.1 Å². The lowest BCUT2D eigenvalue weighted by atomic mass is 9.74. The Morgan fingerprint density at radius 1 is 1.23 bits per heavy atom. The molecule has 2 aliphatic heterocycles. The molecule has 2 aromatic rings. The van der Waals surface area contributed by atoms with Gasteiger partial charge in [-0.2, -0.15) is 8.42 Å². The molecular weight excluding hydrogens is 484 g/mol. The molecule has 0 amide bonds. The first-order valence-corrected chi connectivity index (χ1v) is 14.1. The van der Waals surface area contributed by atoms with Crippen LogP contribution in [0.1, 0.15) is 48.3 Å². The highest BCUT2D eigenvalue weighted by Crippen LogP contribution is 2.40. The van der Waals surface area contributed by atoms with Crippen molar-refractivity contribution in [3.63, 3.8) is 0 Å². The zero-order chi connectivity index (χ0) is 25.2. The van der Waals surface area contributed by atoms with Crippen molar-refractivity contribution in [3.05, 3.63) is 65.2 Å². The largest absolute Gasteiger partial charge is 0.384 e. The Hall–Kier alpha value is -2.24. The minimum absolute atomic E-state index is 0.0128. The summed E-state index contributed by atoms with van der Waals surface area (Å²) in [7, 11) is -4.25. The maximum absolute atomic E-state index is 14.1. The van der Waals surface area contributed by atoms with E-state index in [0.29, 0.717) is 37.2 Å². The van der Waals surface area contributed by atoms with Crippen LogP contribution in [0.2, 0.25) is 0 Å². The number of benzene rings is 2. The highest BCUT2D eigenvalue weighted by Gasteiger charge is 2.40. The molecule has 0 radical (unpaired) electrons. The fourth-order valence-electron chi connectivity index (χ4n) is 5.33. The molecule has 4 rings (SSSR count). The molecule has 35 heavy (non-hydrogen) atoms. The van der Waals surface area contributed by atoms with Crippen molar-refractivity contribution in [1.29, 1.82) is 5.41 Å². The molecule has 5 unspecified atom stereocenters. The number of nitrogens with one attached hydrogen (secondary N) is 3. The van der Waals surface area contributed by atoms with E-state index in [1.165, 1.54) is 0 Å². The number of Topliss-reactive ketones (excluding diaryl/α,β-unsaturated/α-hetero) is 1. The van der Waals surface area contributed by atoms with Crippen LogP contribution in [0.15, 0.2) is 53.4 Å². The van der Waals surface area contributed by atoms with Crippen LogP contribution in [0.25, 0.3) is 0 Å². The van der Waals surface area contributed by atoms with Crippen molar-refractivity contribution in [2.45, 2.75) is 41.7 Å². The lowest BCUT2D eigenvalue weighted by molar-refractivity contribution is -0.125. The van der Waals surface area contributed by atoms with Gasteiger partial charge in [-0.3, -0.25) is 19.5 Å². The second-order valence-electron chi connectivity index (χ2n) is 9.42. The minimum atomic E-state index is -4.25. The molecule has 188 valence electrons. The maximum Gasteiger partial charge on any atom is 0.268 e. The van der Waals surface area contributed by atoms with Crippen LogP contribution in [-0.4, -0.2) is 49.5 Å². The number of amidine groups is 1. The Bertz CT molecular complexity index is 1200. The third kappa shape index (κ3) is 5.78. The van der Waals surface area contributed by atoms with Crippen molar-refractivity contribution in [2.24, 2.45) is 17.6 Å². The summed E-state index contributed by atoms with van der Waals surface area (Å²) in [5.41, 5.74) is 8.07. The number of piperidine rings is 1. The fraction of sp³-hybridized carbons (Fsp3) is 0.440. The average Bonchev–Trinajstić information content (AvgIpc) is 2.85. The van der Waals surface area contributed by atoms with Gasteiger partial charge in [-0.15, -0.1) is 0 Å². The second kappa shape index (κ2) is 10.8. The van der Waals surface area contributed by atoms with Crippen molar-refractivity contribution in [3.8, 4) is 0 Å². The van der Waals surface area contributed by atoms with Gasteiger partial charge in [0.25, 0.3) is 10.1 Å². The molecule has 0 saturated carbocycles. The molecule has 0 spiro atoms. The van der Waals surface area contributed by atoms with Gasteiger partial charge in [0.15, 0.2) is 0 Å². The van der Waals surface area contributed by atoms with E-state index in [0.717, 1.165) is 10.5 Å². The number of nitrogen functional groups attached to an aromatic ring is 1. The number of hydrogen-bond donors (Lipinski definition) is 5. The summed E-state index contributed by atoms with van der Waals surface area (Å²) in [6.45, 7) is 3.48. The number of ketones is 1. The fourth-order valence-corrected chi connectivity index (χ4v) is 7.34. The van der Waals surface area contributed by atoms with Crippen LogP contribution in [0, 0.1) is 17.2 Å². The number of hydrogen-bond acceptors (Lipinski definition) is 7. The molecule has 10 heteroatoms. The van der Waals surface area contributed by atoms with Crippen molar-refractivity contribution >= 4 is 33.7 Å². The highest BCUT2D eigenvalue weighted by atomic mass is 32.2. The third-order valence-electron chi connectivity index (χ3n) is 7.26. The van der Waals surface area contributed by atoms with E-state index in [1.807, 2.05) is 31.2 Å². The Morgan fingerprint density at radius 3 is 2.74 bits per heavy atom. The first-order chi connectivity index (χ1) is 16.7. The Labute approximate surface area is 210 Å². The SMILES string of the molecule is CC(C(=O)C(CC1CNCCC1S(=O)(=O)O)c1cccc(C(=N)N)c1)C1CNSc2ccccc21. The molecule has 1 fully saturated rings. The second-order valence-corrected chi connectivity index (χ2v) is 12.0. The van der Waals surface area contributed by atoms with E-state index < -0.39 is 27.2 Å². The molecule has 0 aromatic heterocycles. The zero-order valence-corrected chi connectivity index (χ0v) is 21.2. The summed E-state index contributed by atoms with van der Waals surface area (Å²) in [6.07, 6.45) is 0.573. The van der Waals surface area contributed by atoms with Gasteiger partial charge in [-0.1, -0.05) is 43.3 Å². The Kier molecular flexibility index (Phi) is 7.97. The summed E-state index contributed by atoms with van der Waals surface area (Å²) in [5, 5.41) is 10.1. The first-order valence-electron chi connectivity index (χ1n) is 11.8. The monoisotopic (exact) mass is 516 g/mol. The summed E-state index contributed by atoms with van der Waals surface area (Å²) in [4.78, 5) is 15.2. The maximum atomic E-state index is 14.1. The van der Waals surface area contributed by atoms with Crippen LogP contribution >= 0.6 is 11.9 Å². The van der Waals surface area contributed by atoms with Crippen molar-refractivity contribution in [1.82, 2.24) is 10.0 Å². The quantitative estimate of drug-likeness (QED) is 0.156. The Morgan fingerprint density at radius 2 is 2.00 bits per heavy atom. The summed E-state index contributed by atoms with van der Waals surface area (Å²) >= 11 is 1.56. The molecule has 0 aliphatic carbocycles. The number of rotatable bonds is 8.